The number of Topliss-reactive ketones (excluding diaryl/α,β-unsaturated/α-hetero) is 1. The predicted molar refractivity (Wildman–Crippen MR) is 181 cm³/mol. The number of benzene rings is 1. The summed E-state index contributed by atoms with van der Waals surface area (Å²) in [5, 5.41) is 6.15. The number of carbonyl (C=O) groups is 2. The average Bonchev–Trinajstić information content (AvgIpc) is 3.91. The first-order valence-corrected chi connectivity index (χ1v) is 16.5. The molecule has 1 aliphatic rings. The minimum atomic E-state index is -2.76. The summed E-state index contributed by atoms with van der Waals surface area (Å²) in [6.07, 6.45) is 2.21. The Morgan fingerprint density at radius 1 is 1.12 bits per heavy atom. The molecule has 0 aliphatic heterocycles. The van der Waals surface area contributed by atoms with Gasteiger partial charge in [-0.1, -0.05) is 37.9 Å². The lowest BCUT2D eigenvalue weighted by atomic mass is 9.98. The van der Waals surface area contributed by atoms with Gasteiger partial charge in [-0.25, -0.2) is 17.6 Å². The summed E-state index contributed by atoms with van der Waals surface area (Å²) in [5.41, 5.74) is 1.32. The number of anilines is 1. The Balaban J connectivity index is 0.000000635. The molecule has 3 aromatic rings. The summed E-state index contributed by atoms with van der Waals surface area (Å²) in [7, 11) is 1.60. The molecule has 1 fully saturated rings. The highest BCUT2D eigenvalue weighted by Crippen LogP contribution is 2.34. The van der Waals surface area contributed by atoms with Gasteiger partial charge in [0.2, 0.25) is 11.8 Å². The first kappa shape index (κ1) is 39.6. The molecule has 0 spiro atoms. The van der Waals surface area contributed by atoms with E-state index in [0.29, 0.717) is 42.3 Å². The number of ether oxygens (including phenoxy) is 2. The Kier molecular flexibility index (Phi) is 15.2. The van der Waals surface area contributed by atoms with Crippen molar-refractivity contribution in [2.45, 2.75) is 84.2 Å². The summed E-state index contributed by atoms with van der Waals surface area (Å²) in [5.74, 6) is -3.63. The van der Waals surface area contributed by atoms with Crippen LogP contribution in [0, 0.1) is 0 Å². The second-order valence-corrected chi connectivity index (χ2v) is 12.1. The van der Waals surface area contributed by atoms with E-state index < -0.39 is 30.4 Å². The van der Waals surface area contributed by atoms with Crippen molar-refractivity contribution in [3.05, 3.63) is 74.7 Å². The molecule has 49 heavy (non-hydrogen) atoms. The van der Waals surface area contributed by atoms with Crippen LogP contribution in [0.3, 0.4) is 0 Å². The van der Waals surface area contributed by atoms with E-state index in [9.17, 15) is 31.9 Å². The van der Waals surface area contributed by atoms with Gasteiger partial charge in [0, 0.05) is 61.9 Å². The molecule has 2 heterocycles. The third-order valence-corrected chi connectivity index (χ3v) is 7.82. The standard InChI is InChI=1S/C28H29ClF2N4O5.C7H14F2/c1-16(36)22-12-19(29)3-6-21(22)18-10-25(33-26(11-18)40-15-24(30)31)34-27(37)23-9-17(13-32-7-8-39-2)14-35(28(23)38)20-4-5-20;1-3-5-6-7(8,9)4-2/h3,6,9-12,14,20,24,32H,4-5,7-8,13,15H2,1-2H3,(H,33,34,37);3-6H2,1-2H3. The number of ketones is 1. The quantitative estimate of drug-likeness (QED) is 0.0831. The van der Waals surface area contributed by atoms with Crippen LogP contribution in [0.4, 0.5) is 23.4 Å². The van der Waals surface area contributed by atoms with Gasteiger partial charge in [-0.2, -0.15) is 4.98 Å². The van der Waals surface area contributed by atoms with Crippen LogP contribution in [0.5, 0.6) is 5.88 Å². The number of nitrogens with zero attached hydrogens (tertiary/aromatic N) is 2. The molecule has 0 bridgehead atoms. The predicted octanol–water partition coefficient (Wildman–Crippen LogP) is 7.96. The van der Waals surface area contributed by atoms with Crippen molar-refractivity contribution in [2.75, 3.05) is 32.2 Å². The number of unbranched alkanes of at least 4 members (excludes halogenated alkanes) is 1. The fourth-order valence-corrected chi connectivity index (χ4v) is 4.93. The van der Waals surface area contributed by atoms with E-state index in [1.54, 1.807) is 30.0 Å². The number of amides is 1. The minimum Gasteiger partial charge on any atom is -0.472 e. The zero-order chi connectivity index (χ0) is 36.1. The molecule has 4 rings (SSSR count). The number of pyridine rings is 2. The van der Waals surface area contributed by atoms with Crippen molar-refractivity contribution < 1.29 is 36.6 Å². The lowest BCUT2D eigenvalue weighted by Crippen LogP contribution is -2.30. The fourth-order valence-electron chi connectivity index (χ4n) is 4.75. The van der Waals surface area contributed by atoms with Gasteiger partial charge in [-0.3, -0.25) is 14.4 Å². The van der Waals surface area contributed by atoms with E-state index in [-0.39, 0.29) is 47.5 Å². The van der Waals surface area contributed by atoms with Crippen molar-refractivity contribution >= 4 is 29.1 Å². The highest BCUT2D eigenvalue weighted by atomic mass is 35.5. The van der Waals surface area contributed by atoms with Crippen LogP contribution in [-0.4, -0.2) is 60.5 Å². The Hall–Kier alpha value is -3.81. The average molecular weight is 711 g/mol. The molecule has 1 aromatic carbocycles. The minimum absolute atomic E-state index is 0.0208. The largest absolute Gasteiger partial charge is 0.472 e. The normalized spacial score (nSPS) is 12.8. The topological polar surface area (TPSA) is 112 Å². The van der Waals surface area contributed by atoms with E-state index in [1.165, 1.54) is 38.1 Å². The molecule has 0 saturated heterocycles. The second kappa shape index (κ2) is 18.8. The van der Waals surface area contributed by atoms with Crippen molar-refractivity contribution in [3.8, 4) is 17.0 Å². The Labute approximate surface area is 288 Å². The van der Waals surface area contributed by atoms with Crippen LogP contribution in [0.25, 0.3) is 11.1 Å². The molecule has 0 radical (unpaired) electrons. The molecule has 2 N–H and O–H groups in total. The van der Waals surface area contributed by atoms with E-state index >= 15 is 0 Å². The maximum absolute atomic E-state index is 13.4. The smallest absolute Gasteiger partial charge is 0.272 e. The molecule has 268 valence electrons. The molecular weight excluding hydrogens is 668 g/mol. The van der Waals surface area contributed by atoms with Crippen LogP contribution in [0.15, 0.2) is 47.4 Å². The SMILES string of the molecule is CCCCC(F)(F)CC.COCCNCc1cc(C(=O)Nc2cc(-c3ccc(Cl)cc3C(C)=O)cc(OCC(F)F)n2)c(=O)n(C2CC2)c1. The number of hydrogen-bond donors (Lipinski definition) is 2. The third-order valence-electron chi connectivity index (χ3n) is 7.58. The van der Waals surface area contributed by atoms with Crippen LogP contribution in [-0.2, 0) is 11.3 Å². The van der Waals surface area contributed by atoms with E-state index in [4.69, 9.17) is 21.1 Å². The number of methoxy groups -OCH3 is 1. The monoisotopic (exact) mass is 710 g/mol. The van der Waals surface area contributed by atoms with Gasteiger partial charge < -0.3 is 24.7 Å². The molecule has 0 unspecified atom stereocenters. The van der Waals surface area contributed by atoms with Crippen LogP contribution in [0.1, 0.15) is 91.6 Å². The number of hydrogen-bond acceptors (Lipinski definition) is 7. The summed E-state index contributed by atoms with van der Waals surface area (Å²) < 4.78 is 62.2. The summed E-state index contributed by atoms with van der Waals surface area (Å²) in [6, 6.07) is 9.08. The molecule has 9 nitrogen and oxygen atoms in total. The highest BCUT2D eigenvalue weighted by Gasteiger charge is 2.27. The van der Waals surface area contributed by atoms with E-state index in [1.807, 2.05) is 6.92 Å². The summed E-state index contributed by atoms with van der Waals surface area (Å²) in [6.45, 7) is 5.41. The molecular formula is C35H43ClF4N4O5. The zero-order valence-corrected chi connectivity index (χ0v) is 28.8. The van der Waals surface area contributed by atoms with Gasteiger partial charge in [-0.15, -0.1) is 0 Å². The number of carbonyl (C=O) groups excluding carboxylic acids is 2. The van der Waals surface area contributed by atoms with Crippen molar-refractivity contribution in [2.24, 2.45) is 0 Å². The number of aromatic nitrogens is 2. The van der Waals surface area contributed by atoms with E-state index in [2.05, 4.69) is 15.6 Å². The Morgan fingerprint density at radius 2 is 1.86 bits per heavy atom. The van der Waals surface area contributed by atoms with Crippen LogP contribution in [0.2, 0.25) is 5.02 Å². The van der Waals surface area contributed by atoms with E-state index in [0.717, 1.165) is 24.8 Å². The molecule has 0 atom stereocenters. The molecule has 1 aliphatic carbocycles. The van der Waals surface area contributed by atoms with Gasteiger partial charge >= 0.3 is 0 Å². The first-order valence-electron chi connectivity index (χ1n) is 16.2. The van der Waals surface area contributed by atoms with Gasteiger partial charge in [0.25, 0.3) is 17.9 Å². The zero-order valence-electron chi connectivity index (χ0n) is 28.1. The third kappa shape index (κ3) is 12.5. The molecule has 1 amide bonds. The summed E-state index contributed by atoms with van der Waals surface area (Å²) >= 11 is 6.07. The number of halogens is 5. The molecule has 2 aromatic heterocycles. The van der Waals surface area contributed by atoms with Gasteiger partial charge in [0.05, 0.1) is 6.61 Å². The lowest BCUT2D eigenvalue weighted by Gasteiger charge is -2.14. The number of rotatable bonds is 17. The highest BCUT2D eigenvalue weighted by molar-refractivity contribution is 6.31. The molecule has 1 saturated carbocycles. The van der Waals surface area contributed by atoms with Gasteiger partial charge in [0.15, 0.2) is 12.4 Å². The number of nitrogens with one attached hydrogen (secondary N) is 2. The van der Waals surface area contributed by atoms with Gasteiger partial charge in [-0.05, 0) is 67.1 Å². The number of alkyl halides is 4. The fraction of sp³-hybridized carbons (Fsp3) is 0.486. The van der Waals surface area contributed by atoms with Crippen molar-refractivity contribution in [1.29, 1.82) is 0 Å². The maximum Gasteiger partial charge on any atom is 0.272 e. The Bertz CT molecular complexity index is 1630. The van der Waals surface area contributed by atoms with Crippen LogP contribution < -0.4 is 20.9 Å². The van der Waals surface area contributed by atoms with Crippen molar-refractivity contribution in [1.82, 2.24) is 14.9 Å². The summed E-state index contributed by atoms with van der Waals surface area (Å²) in [4.78, 5) is 43.0. The maximum atomic E-state index is 13.4. The van der Waals surface area contributed by atoms with Crippen molar-refractivity contribution in [3.63, 3.8) is 0 Å². The van der Waals surface area contributed by atoms with Gasteiger partial charge in [0.1, 0.15) is 11.4 Å². The second-order valence-electron chi connectivity index (χ2n) is 11.7. The Morgan fingerprint density at radius 3 is 2.47 bits per heavy atom. The lowest BCUT2D eigenvalue weighted by molar-refractivity contribution is -0.0133. The molecule has 14 heteroatoms. The first-order chi connectivity index (χ1) is 23.3. The van der Waals surface area contributed by atoms with Crippen LogP contribution >= 0.6 is 11.6 Å².